The summed E-state index contributed by atoms with van der Waals surface area (Å²) < 4.78 is 68.4. The zero-order valence-electron chi connectivity index (χ0n) is 59.0. The highest BCUT2D eigenvalue weighted by molar-refractivity contribution is 7.47. The minimum Gasteiger partial charge on any atom is -0.462 e. The lowest BCUT2D eigenvalue weighted by Crippen LogP contribution is -2.30. The Hall–Kier alpha value is -1.94. The van der Waals surface area contributed by atoms with Crippen LogP contribution in [0, 0.1) is 5.92 Å². The molecule has 0 bridgehead atoms. The molecule has 0 aromatic rings. The van der Waals surface area contributed by atoms with E-state index in [2.05, 4.69) is 34.6 Å². The summed E-state index contributed by atoms with van der Waals surface area (Å²) in [5.74, 6) is -1.31. The van der Waals surface area contributed by atoms with Gasteiger partial charge in [0, 0.05) is 25.7 Å². The van der Waals surface area contributed by atoms with Crippen molar-refractivity contribution < 1.29 is 80.2 Å². The quantitative estimate of drug-likeness (QED) is 0.0222. The third-order valence-corrected chi connectivity index (χ3v) is 19.0. The van der Waals surface area contributed by atoms with E-state index in [1.54, 1.807) is 0 Å². The van der Waals surface area contributed by atoms with Crippen molar-refractivity contribution in [1.82, 2.24) is 0 Å². The molecule has 540 valence electrons. The zero-order valence-corrected chi connectivity index (χ0v) is 60.8. The highest BCUT2D eigenvalue weighted by atomic mass is 31.2. The number of carbonyl (C=O) groups excluding carboxylic acids is 4. The molecule has 19 heteroatoms. The van der Waals surface area contributed by atoms with Crippen molar-refractivity contribution in [2.24, 2.45) is 5.92 Å². The van der Waals surface area contributed by atoms with E-state index in [0.29, 0.717) is 25.7 Å². The minimum atomic E-state index is -4.95. The topological polar surface area (TPSA) is 237 Å². The molecule has 3 N–H and O–H groups in total. The van der Waals surface area contributed by atoms with E-state index in [-0.39, 0.29) is 25.7 Å². The molecule has 17 nitrogen and oxygen atoms in total. The van der Waals surface area contributed by atoms with E-state index < -0.39 is 97.5 Å². The van der Waals surface area contributed by atoms with Gasteiger partial charge >= 0.3 is 39.5 Å². The van der Waals surface area contributed by atoms with Crippen molar-refractivity contribution in [2.75, 3.05) is 39.6 Å². The van der Waals surface area contributed by atoms with Crippen LogP contribution in [0.15, 0.2) is 0 Å². The maximum absolute atomic E-state index is 13.0. The van der Waals surface area contributed by atoms with Crippen molar-refractivity contribution >= 4 is 39.5 Å². The summed E-state index contributed by atoms with van der Waals surface area (Å²) in [6.07, 6.45) is 52.4. The van der Waals surface area contributed by atoms with Crippen molar-refractivity contribution in [3.63, 3.8) is 0 Å². The fraction of sp³-hybridized carbons (Fsp3) is 0.944. The molecule has 0 saturated heterocycles. The van der Waals surface area contributed by atoms with Gasteiger partial charge in [0.25, 0.3) is 0 Å². The van der Waals surface area contributed by atoms with Crippen molar-refractivity contribution in [3.8, 4) is 0 Å². The Morgan fingerprint density at radius 3 is 0.780 bits per heavy atom. The number of unbranched alkanes of at least 4 members (excludes halogenated alkanes) is 43. The van der Waals surface area contributed by atoms with Gasteiger partial charge in [-0.05, 0) is 31.6 Å². The summed E-state index contributed by atoms with van der Waals surface area (Å²) in [6.45, 7) is 7.29. The second kappa shape index (κ2) is 65.4. The molecule has 0 aromatic heterocycles. The Balaban J connectivity index is 5.26. The first kappa shape index (κ1) is 89.1. The lowest BCUT2D eigenvalue weighted by molar-refractivity contribution is -0.161. The highest BCUT2D eigenvalue weighted by Crippen LogP contribution is 2.45. The molecule has 0 aliphatic rings. The number of hydrogen-bond acceptors (Lipinski definition) is 15. The first-order valence-corrected chi connectivity index (χ1v) is 40.7. The Bertz CT molecular complexity index is 1760. The second-order valence-corrected chi connectivity index (χ2v) is 29.1. The van der Waals surface area contributed by atoms with Crippen LogP contribution in [0.25, 0.3) is 0 Å². The van der Waals surface area contributed by atoms with E-state index in [1.807, 2.05) is 0 Å². The normalized spacial score (nSPS) is 14.3. The lowest BCUT2D eigenvalue weighted by Gasteiger charge is -2.21. The number of carbonyl (C=O) groups is 4. The molecule has 91 heavy (non-hydrogen) atoms. The van der Waals surface area contributed by atoms with E-state index in [9.17, 15) is 43.2 Å². The maximum Gasteiger partial charge on any atom is 0.472 e. The number of hydrogen-bond donors (Lipinski definition) is 3. The smallest absolute Gasteiger partial charge is 0.462 e. The summed E-state index contributed by atoms with van der Waals surface area (Å²) in [5, 5.41) is 10.6. The van der Waals surface area contributed by atoms with Crippen LogP contribution in [0.4, 0.5) is 0 Å². The Morgan fingerprint density at radius 2 is 0.527 bits per heavy atom. The predicted molar refractivity (Wildman–Crippen MR) is 368 cm³/mol. The number of esters is 4. The van der Waals surface area contributed by atoms with Gasteiger partial charge in [-0.3, -0.25) is 37.3 Å². The highest BCUT2D eigenvalue weighted by Gasteiger charge is 2.30. The number of aliphatic hydroxyl groups is 1. The van der Waals surface area contributed by atoms with E-state index in [1.165, 1.54) is 199 Å². The second-order valence-electron chi connectivity index (χ2n) is 26.2. The number of phosphoric acid groups is 2. The van der Waals surface area contributed by atoms with Crippen molar-refractivity contribution in [2.45, 2.75) is 393 Å². The summed E-state index contributed by atoms with van der Waals surface area (Å²) in [4.78, 5) is 72.7. The third kappa shape index (κ3) is 65.1. The summed E-state index contributed by atoms with van der Waals surface area (Å²) >= 11 is 0. The van der Waals surface area contributed by atoms with Gasteiger partial charge in [0.2, 0.25) is 0 Å². The molecule has 0 saturated carbocycles. The third-order valence-electron chi connectivity index (χ3n) is 17.1. The molecule has 0 rings (SSSR count). The Kier molecular flexibility index (Phi) is 64.0. The molecule has 0 fully saturated rings. The Labute approximate surface area is 556 Å². The first-order valence-electron chi connectivity index (χ1n) is 37.7. The molecule has 0 amide bonds. The standard InChI is InChI=1S/C72H140O17P2/c1-6-10-13-16-19-22-25-28-31-36-41-46-51-56-70(75)83-62-68(89-72(77)58-53-48-43-38-33-32-34-39-44-49-54-65(5)9-4)64-87-91(80,81)85-60-66(73)59-84-90(78,79)86-63-67(88-71(76)57-52-47-42-37-30-27-24-21-18-15-12-8-3)61-82-69(74)55-50-45-40-35-29-26-23-20-17-14-11-7-2/h65-68,73H,6-64H2,1-5H3,(H,78,79)(H,80,81)/t65?,66-,67+,68+/m0/s1. The van der Waals surface area contributed by atoms with Crippen LogP contribution in [0.1, 0.15) is 375 Å². The number of ether oxygens (including phenoxy) is 4. The van der Waals surface area contributed by atoms with Crippen LogP contribution >= 0.6 is 15.6 Å². The van der Waals surface area contributed by atoms with Gasteiger partial charge in [-0.15, -0.1) is 0 Å². The van der Waals surface area contributed by atoms with Gasteiger partial charge in [-0.1, -0.05) is 324 Å². The molecule has 0 aliphatic heterocycles. The van der Waals surface area contributed by atoms with Gasteiger partial charge < -0.3 is 33.8 Å². The molecule has 0 radical (unpaired) electrons. The fourth-order valence-corrected chi connectivity index (χ4v) is 12.5. The molecular formula is C72H140O17P2. The van der Waals surface area contributed by atoms with E-state index >= 15 is 0 Å². The van der Waals surface area contributed by atoms with Crippen LogP contribution in [0.5, 0.6) is 0 Å². The van der Waals surface area contributed by atoms with Crippen LogP contribution in [0.3, 0.4) is 0 Å². The Morgan fingerprint density at radius 1 is 0.308 bits per heavy atom. The molecular weight excluding hydrogens is 1200 g/mol. The minimum absolute atomic E-state index is 0.107. The van der Waals surface area contributed by atoms with Gasteiger partial charge in [-0.25, -0.2) is 9.13 Å². The van der Waals surface area contributed by atoms with Crippen LogP contribution in [-0.2, 0) is 65.4 Å². The number of aliphatic hydroxyl groups excluding tert-OH is 1. The maximum atomic E-state index is 13.0. The van der Waals surface area contributed by atoms with E-state index in [4.69, 9.17) is 37.0 Å². The van der Waals surface area contributed by atoms with Crippen molar-refractivity contribution in [1.29, 1.82) is 0 Å². The molecule has 0 heterocycles. The molecule has 0 aromatic carbocycles. The van der Waals surface area contributed by atoms with Crippen molar-refractivity contribution in [3.05, 3.63) is 0 Å². The average Bonchev–Trinajstić information content (AvgIpc) is 3.71. The largest absolute Gasteiger partial charge is 0.472 e. The van der Waals surface area contributed by atoms with Gasteiger partial charge in [0.05, 0.1) is 26.4 Å². The number of rotatable bonds is 72. The SMILES string of the molecule is CCCCCCCCCCCCCCCC(=O)OC[C@H](COP(=O)(O)OC[C@@H](O)COP(=O)(O)OC[C@@H](COC(=O)CCCCCCCCCCCCCC)OC(=O)CCCCCCCCCCCCCC)OC(=O)CCCCCCCCCCCCC(C)CC. The van der Waals surface area contributed by atoms with Gasteiger partial charge in [-0.2, -0.15) is 0 Å². The van der Waals surface area contributed by atoms with Crippen LogP contribution in [0.2, 0.25) is 0 Å². The molecule has 6 atom stereocenters. The molecule has 0 aliphatic carbocycles. The predicted octanol–water partition coefficient (Wildman–Crippen LogP) is 20.9. The van der Waals surface area contributed by atoms with Gasteiger partial charge in [0.15, 0.2) is 12.2 Å². The molecule has 0 spiro atoms. The monoisotopic (exact) mass is 1340 g/mol. The average molecular weight is 1340 g/mol. The van der Waals surface area contributed by atoms with Crippen LogP contribution < -0.4 is 0 Å². The lowest BCUT2D eigenvalue weighted by atomic mass is 9.99. The molecule has 3 unspecified atom stereocenters. The number of phosphoric ester groups is 2. The summed E-state index contributed by atoms with van der Waals surface area (Å²) in [7, 11) is -9.90. The van der Waals surface area contributed by atoms with Gasteiger partial charge in [0.1, 0.15) is 19.3 Å². The first-order chi connectivity index (χ1) is 44.1. The summed E-state index contributed by atoms with van der Waals surface area (Å²) in [5.41, 5.74) is 0. The zero-order chi connectivity index (χ0) is 67.0. The van der Waals surface area contributed by atoms with E-state index in [0.717, 1.165) is 95.8 Å². The summed E-state index contributed by atoms with van der Waals surface area (Å²) in [6, 6.07) is 0. The fourth-order valence-electron chi connectivity index (χ4n) is 11.0. The van der Waals surface area contributed by atoms with Crippen LogP contribution in [-0.4, -0.2) is 96.7 Å².